The molecule has 0 atom stereocenters. The molecule has 1 aromatic heterocycles. The Balaban J connectivity index is 1.68. The first-order valence-electron chi connectivity index (χ1n) is 7.43. The molecule has 24 heavy (non-hydrogen) atoms. The Bertz CT molecular complexity index is 859. The van der Waals surface area contributed by atoms with Crippen molar-refractivity contribution in [2.45, 2.75) is 13.5 Å². The summed E-state index contributed by atoms with van der Waals surface area (Å²) < 4.78 is 5.13. The van der Waals surface area contributed by atoms with Crippen LogP contribution in [0.4, 0.5) is 5.69 Å². The van der Waals surface area contributed by atoms with Crippen LogP contribution < -0.4 is 10.1 Å². The lowest BCUT2D eigenvalue weighted by atomic mass is 10.1. The van der Waals surface area contributed by atoms with E-state index in [4.69, 9.17) is 4.74 Å². The number of anilines is 1. The van der Waals surface area contributed by atoms with E-state index in [0.29, 0.717) is 17.3 Å². The smallest absolute Gasteiger partial charge is 0.248 e. The summed E-state index contributed by atoms with van der Waals surface area (Å²) in [5.41, 5.74) is 2.61. The van der Waals surface area contributed by atoms with Crippen LogP contribution >= 0.6 is 0 Å². The first-order chi connectivity index (χ1) is 11.7. The zero-order valence-electron chi connectivity index (χ0n) is 13.4. The number of rotatable bonds is 5. The average Bonchev–Trinajstić information content (AvgIpc) is 3.03. The highest BCUT2D eigenvalue weighted by molar-refractivity contribution is 5.90. The highest BCUT2D eigenvalue weighted by atomic mass is 16.5. The maximum atomic E-state index is 12.1. The van der Waals surface area contributed by atoms with E-state index in [9.17, 15) is 4.79 Å². The predicted octanol–water partition coefficient (Wildman–Crippen LogP) is 2.30. The molecule has 3 aromatic rings. The van der Waals surface area contributed by atoms with E-state index < -0.39 is 0 Å². The molecule has 7 heteroatoms. The number of hydrogen-bond donors (Lipinski definition) is 1. The summed E-state index contributed by atoms with van der Waals surface area (Å²) in [4.78, 5) is 13.4. The molecule has 0 bridgehead atoms. The van der Waals surface area contributed by atoms with Gasteiger partial charge in [-0.05, 0) is 29.8 Å². The van der Waals surface area contributed by atoms with Crippen LogP contribution in [0.25, 0.3) is 11.4 Å². The largest absolute Gasteiger partial charge is 0.497 e. The second-order valence-corrected chi connectivity index (χ2v) is 5.24. The number of hydrogen-bond acceptors (Lipinski definition) is 5. The molecule has 0 aliphatic rings. The van der Waals surface area contributed by atoms with Gasteiger partial charge in [0.2, 0.25) is 11.7 Å². The molecule has 1 amide bonds. The SMILES string of the molecule is COc1cccc(NC(=O)Cn2nnc(-c3ccccc3C)n2)c1. The number of aryl methyl sites for hydroxylation is 1. The Hall–Kier alpha value is -3.22. The number of methoxy groups -OCH3 is 1. The molecule has 0 fully saturated rings. The Kier molecular flexibility index (Phi) is 4.51. The van der Waals surface area contributed by atoms with Gasteiger partial charge >= 0.3 is 0 Å². The van der Waals surface area contributed by atoms with Crippen LogP contribution in [0.2, 0.25) is 0 Å². The molecule has 122 valence electrons. The minimum Gasteiger partial charge on any atom is -0.497 e. The van der Waals surface area contributed by atoms with Crippen LogP contribution in [0, 0.1) is 6.92 Å². The number of carbonyl (C=O) groups excluding carboxylic acids is 1. The fourth-order valence-corrected chi connectivity index (χ4v) is 2.27. The van der Waals surface area contributed by atoms with E-state index in [2.05, 4.69) is 20.7 Å². The minimum atomic E-state index is -0.239. The highest BCUT2D eigenvalue weighted by Crippen LogP contribution is 2.18. The summed E-state index contributed by atoms with van der Waals surface area (Å²) in [5.74, 6) is 0.938. The first kappa shape index (κ1) is 15.7. The van der Waals surface area contributed by atoms with Crippen molar-refractivity contribution in [2.75, 3.05) is 12.4 Å². The lowest BCUT2D eigenvalue weighted by molar-refractivity contribution is -0.117. The molecule has 1 heterocycles. The maximum Gasteiger partial charge on any atom is 0.248 e. The standard InChI is InChI=1S/C17H17N5O2/c1-12-6-3-4-9-15(12)17-19-21-22(20-17)11-16(23)18-13-7-5-8-14(10-13)24-2/h3-10H,11H2,1-2H3,(H,18,23). The number of benzene rings is 2. The van der Waals surface area contributed by atoms with Crippen molar-refractivity contribution >= 4 is 11.6 Å². The van der Waals surface area contributed by atoms with Crippen molar-refractivity contribution in [3.05, 3.63) is 54.1 Å². The topological polar surface area (TPSA) is 81.9 Å². The lowest BCUT2D eigenvalue weighted by Gasteiger charge is -2.06. The number of nitrogens with zero attached hydrogens (tertiary/aromatic N) is 4. The number of aromatic nitrogens is 4. The second-order valence-electron chi connectivity index (χ2n) is 5.24. The van der Waals surface area contributed by atoms with Gasteiger partial charge in [0.05, 0.1) is 7.11 Å². The van der Waals surface area contributed by atoms with Gasteiger partial charge in [-0.15, -0.1) is 10.2 Å². The summed E-state index contributed by atoms with van der Waals surface area (Å²) in [6, 6.07) is 14.9. The molecule has 0 aliphatic heterocycles. The third kappa shape index (κ3) is 3.57. The molecule has 7 nitrogen and oxygen atoms in total. The van der Waals surface area contributed by atoms with E-state index in [0.717, 1.165) is 11.1 Å². The molecule has 0 aliphatic carbocycles. The van der Waals surface area contributed by atoms with Crippen molar-refractivity contribution in [1.82, 2.24) is 20.2 Å². The maximum absolute atomic E-state index is 12.1. The normalized spacial score (nSPS) is 10.4. The van der Waals surface area contributed by atoms with Crippen LogP contribution in [0.15, 0.2) is 48.5 Å². The quantitative estimate of drug-likeness (QED) is 0.779. The minimum absolute atomic E-state index is 0.0178. The Morgan fingerprint density at radius 2 is 2.04 bits per heavy atom. The summed E-state index contributed by atoms with van der Waals surface area (Å²) in [6.07, 6.45) is 0. The molecular weight excluding hydrogens is 306 g/mol. The van der Waals surface area contributed by atoms with Crippen LogP contribution in [0.1, 0.15) is 5.56 Å². The summed E-state index contributed by atoms with van der Waals surface area (Å²) >= 11 is 0. The van der Waals surface area contributed by atoms with Crippen LogP contribution in [-0.4, -0.2) is 33.2 Å². The lowest BCUT2D eigenvalue weighted by Crippen LogP contribution is -2.20. The van der Waals surface area contributed by atoms with Gasteiger partial charge in [0, 0.05) is 17.3 Å². The molecule has 1 N–H and O–H groups in total. The van der Waals surface area contributed by atoms with Gasteiger partial charge in [-0.25, -0.2) is 0 Å². The van der Waals surface area contributed by atoms with E-state index in [-0.39, 0.29) is 12.5 Å². The van der Waals surface area contributed by atoms with Gasteiger partial charge in [0.15, 0.2) is 0 Å². The third-order valence-corrected chi connectivity index (χ3v) is 3.48. The second kappa shape index (κ2) is 6.91. The van der Waals surface area contributed by atoms with Gasteiger partial charge in [-0.2, -0.15) is 4.80 Å². The van der Waals surface area contributed by atoms with Crippen LogP contribution in [-0.2, 0) is 11.3 Å². The molecule has 0 spiro atoms. The van der Waals surface area contributed by atoms with Crippen molar-refractivity contribution in [3.63, 3.8) is 0 Å². The van der Waals surface area contributed by atoms with Crippen molar-refractivity contribution in [2.24, 2.45) is 0 Å². The summed E-state index contributed by atoms with van der Waals surface area (Å²) in [6.45, 7) is 1.96. The molecular formula is C17H17N5O2. The number of tetrazole rings is 1. The zero-order chi connectivity index (χ0) is 16.9. The Morgan fingerprint density at radius 3 is 2.83 bits per heavy atom. The van der Waals surface area contributed by atoms with Crippen molar-refractivity contribution in [3.8, 4) is 17.1 Å². The van der Waals surface area contributed by atoms with E-state index in [1.54, 1.807) is 25.3 Å². The van der Waals surface area contributed by atoms with Crippen molar-refractivity contribution in [1.29, 1.82) is 0 Å². The molecule has 3 rings (SSSR count). The molecule has 0 unspecified atom stereocenters. The highest BCUT2D eigenvalue weighted by Gasteiger charge is 2.11. The first-order valence-corrected chi connectivity index (χ1v) is 7.43. The van der Waals surface area contributed by atoms with Crippen LogP contribution in [0.5, 0.6) is 5.75 Å². The zero-order valence-corrected chi connectivity index (χ0v) is 13.4. The number of ether oxygens (including phenoxy) is 1. The molecule has 0 saturated heterocycles. The summed E-state index contributed by atoms with van der Waals surface area (Å²) in [5, 5.41) is 15.0. The molecule has 0 radical (unpaired) electrons. The van der Waals surface area contributed by atoms with E-state index >= 15 is 0 Å². The average molecular weight is 323 g/mol. The fraction of sp³-hybridized carbons (Fsp3) is 0.176. The Labute approximate surface area is 139 Å². The summed E-state index contributed by atoms with van der Waals surface area (Å²) in [7, 11) is 1.58. The Morgan fingerprint density at radius 1 is 1.21 bits per heavy atom. The van der Waals surface area contributed by atoms with Gasteiger partial charge in [-0.1, -0.05) is 30.3 Å². The van der Waals surface area contributed by atoms with E-state index in [1.165, 1.54) is 4.80 Å². The monoisotopic (exact) mass is 323 g/mol. The fourth-order valence-electron chi connectivity index (χ4n) is 2.27. The predicted molar refractivity (Wildman–Crippen MR) is 89.6 cm³/mol. The van der Waals surface area contributed by atoms with Gasteiger partial charge in [-0.3, -0.25) is 4.79 Å². The van der Waals surface area contributed by atoms with Gasteiger partial charge in [0.25, 0.3) is 0 Å². The van der Waals surface area contributed by atoms with E-state index in [1.807, 2.05) is 37.3 Å². The van der Waals surface area contributed by atoms with Crippen LogP contribution in [0.3, 0.4) is 0 Å². The third-order valence-electron chi connectivity index (χ3n) is 3.48. The van der Waals surface area contributed by atoms with Gasteiger partial charge < -0.3 is 10.1 Å². The molecule has 2 aromatic carbocycles. The van der Waals surface area contributed by atoms with Crippen molar-refractivity contribution < 1.29 is 9.53 Å². The number of nitrogens with one attached hydrogen (secondary N) is 1. The molecule has 0 saturated carbocycles. The number of carbonyl (C=O) groups is 1. The van der Waals surface area contributed by atoms with Gasteiger partial charge in [0.1, 0.15) is 12.3 Å². The number of amides is 1.